The molecule has 1 N–H and O–H groups in total. The molecule has 0 amide bonds. The van der Waals surface area contributed by atoms with E-state index in [1.54, 1.807) is 42.6 Å². The SMILES string of the molecule is COc1ccc(-n2nnc(C(=O)O)c2-c2ccccn2)cc1OC. The molecule has 122 valence electrons. The van der Waals surface area contributed by atoms with Crippen LogP contribution in [0.1, 0.15) is 10.5 Å². The van der Waals surface area contributed by atoms with Crippen molar-refractivity contribution < 1.29 is 19.4 Å². The highest BCUT2D eigenvalue weighted by atomic mass is 16.5. The lowest BCUT2D eigenvalue weighted by Gasteiger charge is -2.11. The average molecular weight is 326 g/mol. The van der Waals surface area contributed by atoms with E-state index in [2.05, 4.69) is 15.3 Å². The van der Waals surface area contributed by atoms with Gasteiger partial charge < -0.3 is 14.6 Å². The quantitative estimate of drug-likeness (QED) is 0.766. The Kier molecular flexibility index (Phi) is 4.11. The fourth-order valence-electron chi connectivity index (χ4n) is 2.30. The summed E-state index contributed by atoms with van der Waals surface area (Å²) in [6.45, 7) is 0. The molecule has 8 nitrogen and oxygen atoms in total. The van der Waals surface area contributed by atoms with E-state index in [0.717, 1.165) is 0 Å². The zero-order valence-electron chi connectivity index (χ0n) is 13.0. The molecular weight excluding hydrogens is 312 g/mol. The first-order valence-electron chi connectivity index (χ1n) is 6.98. The molecule has 3 aromatic rings. The summed E-state index contributed by atoms with van der Waals surface area (Å²) in [6, 6.07) is 10.3. The Bertz CT molecular complexity index is 877. The van der Waals surface area contributed by atoms with Gasteiger partial charge in [0.2, 0.25) is 0 Å². The number of hydrogen-bond acceptors (Lipinski definition) is 6. The first-order valence-corrected chi connectivity index (χ1v) is 6.98. The fraction of sp³-hybridized carbons (Fsp3) is 0.125. The number of methoxy groups -OCH3 is 2. The van der Waals surface area contributed by atoms with E-state index in [4.69, 9.17) is 9.47 Å². The summed E-state index contributed by atoms with van der Waals surface area (Å²) in [6.07, 6.45) is 1.58. The van der Waals surface area contributed by atoms with Gasteiger partial charge in [0.25, 0.3) is 0 Å². The third-order valence-corrected chi connectivity index (χ3v) is 3.39. The van der Waals surface area contributed by atoms with Gasteiger partial charge in [-0.1, -0.05) is 11.3 Å². The van der Waals surface area contributed by atoms with Gasteiger partial charge in [0.1, 0.15) is 5.69 Å². The Morgan fingerprint density at radius 2 is 1.92 bits per heavy atom. The molecule has 0 aliphatic rings. The number of pyridine rings is 1. The summed E-state index contributed by atoms with van der Waals surface area (Å²) in [5, 5.41) is 17.1. The molecule has 0 fully saturated rings. The van der Waals surface area contributed by atoms with Crippen molar-refractivity contribution in [2.75, 3.05) is 14.2 Å². The van der Waals surface area contributed by atoms with Crippen LogP contribution in [-0.4, -0.2) is 45.3 Å². The van der Waals surface area contributed by atoms with Crippen LogP contribution in [0.15, 0.2) is 42.6 Å². The van der Waals surface area contributed by atoms with Gasteiger partial charge in [0.05, 0.1) is 25.6 Å². The number of carbonyl (C=O) groups is 1. The maximum Gasteiger partial charge on any atom is 0.358 e. The summed E-state index contributed by atoms with van der Waals surface area (Å²) in [4.78, 5) is 15.7. The van der Waals surface area contributed by atoms with Gasteiger partial charge in [-0.05, 0) is 24.3 Å². The molecule has 0 aliphatic heterocycles. The van der Waals surface area contributed by atoms with E-state index in [9.17, 15) is 9.90 Å². The van der Waals surface area contributed by atoms with E-state index < -0.39 is 5.97 Å². The third kappa shape index (κ3) is 2.65. The highest BCUT2D eigenvalue weighted by Gasteiger charge is 2.23. The van der Waals surface area contributed by atoms with Gasteiger partial charge in [-0.25, -0.2) is 9.48 Å². The Balaban J connectivity index is 2.21. The molecule has 0 radical (unpaired) electrons. The molecule has 2 heterocycles. The second kappa shape index (κ2) is 6.37. The zero-order valence-corrected chi connectivity index (χ0v) is 13.0. The van der Waals surface area contributed by atoms with Crippen molar-refractivity contribution in [1.82, 2.24) is 20.0 Å². The van der Waals surface area contributed by atoms with Crippen LogP contribution in [0, 0.1) is 0 Å². The second-order valence-electron chi connectivity index (χ2n) is 4.76. The Morgan fingerprint density at radius 1 is 1.12 bits per heavy atom. The smallest absolute Gasteiger partial charge is 0.358 e. The van der Waals surface area contributed by atoms with Crippen LogP contribution < -0.4 is 9.47 Å². The molecule has 0 saturated carbocycles. The molecule has 0 bridgehead atoms. The number of carboxylic acid groups (broad SMARTS) is 1. The van der Waals surface area contributed by atoms with Crippen LogP contribution in [0.2, 0.25) is 0 Å². The Labute approximate surface area is 137 Å². The summed E-state index contributed by atoms with van der Waals surface area (Å²) < 4.78 is 11.9. The highest BCUT2D eigenvalue weighted by Crippen LogP contribution is 2.31. The summed E-state index contributed by atoms with van der Waals surface area (Å²) in [5.41, 5.74) is 1.14. The number of aromatic carboxylic acids is 1. The van der Waals surface area contributed by atoms with E-state index in [1.165, 1.54) is 18.9 Å². The molecule has 0 spiro atoms. The van der Waals surface area contributed by atoms with Gasteiger partial charge in [-0.3, -0.25) is 4.98 Å². The van der Waals surface area contributed by atoms with Crippen LogP contribution in [0.4, 0.5) is 0 Å². The van der Waals surface area contributed by atoms with Crippen molar-refractivity contribution in [1.29, 1.82) is 0 Å². The maximum absolute atomic E-state index is 11.5. The summed E-state index contributed by atoms with van der Waals surface area (Å²) in [5.74, 6) is -0.129. The lowest BCUT2D eigenvalue weighted by molar-refractivity contribution is 0.0691. The molecule has 8 heteroatoms. The molecule has 2 aromatic heterocycles. The zero-order chi connectivity index (χ0) is 17.1. The number of carboxylic acids is 1. The number of hydrogen-bond donors (Lipinski definition) is 1. The predicted octanol–water partition coefficient (Wildman–Crippen LogP) is 2.04. The summed E-state index contributed by atoms with van der Waals surface area (Å²) >= 11 is 0. The maximum atomic E-state index is 11.5. The van der Waals surface area contributed by atoms with Crippen LogP contribution in [0.5, 0.6) is 11.5 Å². The van der Waals surface area contributed by atoms with Crippen molar-refractivity contribution in [3.05, 3.63) is 48.3 Å². The second-order valence-corrected chi connectivity index (χ2v) is 4.76. The Morgan fingerprint density at radius 3 is 2.54 bits per heavy atom. The molecule has 1 aromatic carbocycles. The summed E-state index contributed by atoms with van der Waals surface area (Å²) in [7, 11) is 3.06. The predicted molar refractivity (Wildman–Crippen MR) is 84.7 cm³/mol. The van der Waals surface area contributed by atoms with E-state index in [0.29, 0.717) is 22.9 Å². The highest BCUT2D eigenvalue weighted by molar-refractivity contribution is 5.92. The van der Waals surface area contributed by atoms with Crippen molar-refractivity contribution in [3.63, 3.8) is 0 Å². The minimum Gasteiger partial charge on any atom is -0.493 e. The Hall–Kier alpha value is -3.42. The standard InChI is InChI=1S/C16H14N4O4/c1-23-12-7-6-10(9-13(12)24-2)20-15(11-5-3-4-8-17-11)14(16(21)22)18-19-20/h3-9H,1-2H3,(H,21,22). The molecule has 3 rings (SSSR count). The van der Waals surface area contributed by atoms with Crippen LogP contribution >= 0.6 is 0 Å². The van der Waals surface area contributed by atoms with E-state index in [-0.39, 0.29) is 11.4 Å². The first-order chi connectivity index (χ1) is 11.7. The molecule has 0 atom stereocenters. The van der Waals surface area contributed by atoms with Crippen LogP contribution in [0.3, 0.4) is 0 Å². The molecule has 24 heavy (non-hydrogen) atoms. The average Bonchev–Trinajstić information content (AvgIpc) is 3.07. The van der Waals surface area contributed by atoms with Gasteiger partial charge in [0, 0.05) is 12.3 Å². The van der Waals surface area contributed by atoms with Crippen molar-refractivity contribution in [2.24, 2.45) is 0 Å². The molecular formula is C16H14N4O4. The molecule has 0 unspecified atom stereocenters. The van der Waals surface area contributed by atoms with Gasteiger partial charge in [-0.2, -0.15) is 0 Å². The van der Waals surface area contributed by atoms with E-state index >= 15 is 0 Å². The third-order valence-electron chi connectivity index (χ3n) is 3.39. The van der Waals surface area contributed by atoms with Crippen LogP contribution in [-0.2, 0) is 0 Å². The van der Waals surface area contributed by atoms with Crippen LogP contribution in [0.25, 0.3) is 17.1 Å². The fourth-order valence-corrected chi connectivity index (χ4v) is 2.30. The first kappa shape index (κ1) is 15.5. The van der Waals surface area contributed by atoms with Crippen molar-refractivity contribution in [2.45, 2.75) is 0 Å². The minimum atomic E-state index is -1.18. The number of nitrogens with zero attached hydrogens (tertiary/aromatic N) is 4. The number of rotatable bonds is 5. The number of benzene rings is 1. The van der Waals surface area contributed by atoms with Crippen molar-refractivity contribution >= 4 is 5.97 Å². The monoisotopic (exact) mass is 326 g/mol. The lowest BCUT2D eigenvalue weighted by atomic mass is 10.2. The van der Waals surface area contributed by atoms with Gasteiger partial charge in [0.15, 0.2) is 17.2 Å². The largest absolute Gasteiger partial charge is 0.493 e. The molecule has 0 saturated heterocycles. The van der Waals surface area contributed by atoms with Crippen molar-refractivity contribution in [3.8, 4) is 28.6 Å². The topological polar surface area (TPSA) is 99.4 Å². The number of aromatic nitrogens is 4. The van der Waals surface area contributed by atoms with Gasteiger partial charge >= 0.3 is 5.97 Å². The lowest BCUT2D eigenvalue weighted by Crippen LogP contribution is -2.04. The van der Waals surface area contributed by atoms with E-state index in [1.807, 2.05) is 0 Å². The van der Waals surface area contributed by atoms with Gasteiger partial charge in [-0.15, -0.1) is 5.10 Å². The number of ether oxygens (including phenoxy) is 2. The normalized spacial score (nSPS) is 10.4. The minimum absolute atomic E-state index is 0.177. The molecule has 0 aliphatic carbocycles.